The number of rotatable bonds is 3. The number of hydrogen-bond donors (Lipinski definition) is 2. The Balaban J connectivity index is 2.70. The molecule has 15 heavy (non-hydrogen) atoms. The largest absolute Gasteiger partial charge is 0.481 e. The molecule has 1 rings (SSSR count). The van der Waals surface area contributed by atoms with Crippen molar-refractivity contribution in [1.82, 2.24) is 5.32 Å². The molecule has 0 aromatic rings. The van der Waals surface area contributed by atoms with Gasteiger partial charge in [-0.25, -0.2) is 0 Å². The van der Waals surface area contributed by atoms with E-state index in [1.807, 2.05) is 5.32 Å². The van der Waals surface area contributed by atoms with Crippen molar-refractivity contribution in [3.05, 3.63) is 0 Å². The molecule has 2 atom stereocenters. The third-order valence-corrected chi connectivity index (χ3v) is 2.46. The summed E-state index contributed by atoms with van der Waals surface area (Å²) in [6.45, 7) is 1.18. The van der Waals surface area contributed by atoms with Gasteiger partial charge >= 0.3 is 12.4 Å². The molecule has 1 heterocycles. The second-order valence-corrected chi connectivity index (χ2v) is 3.60. The van der Waals surface area contributed by atoms with Gasteiger partial charge in [0.05, 0.1) is 19.3 Å². The molecule has 1 fully saturated rings. The summed E-state index contributed by atoms with van der Waals surface area (Å²) in [6, 6.07) is -0.920. The maximum absolute atomic E-state index is 11.9. The van der Waals surface area contributed by atoms with Gasteiger partial charge in [0.25, 0.3) is 5.91 Å². The van der Waals surface area contributed by atoms with E-state index < -0.39 is 29.8 Å². The van der Waals surface area contributed by atoms with Crippen molar-refractivity contribution in [1.29, 1.82) is 0 Å². The summed E-state index contributed by atoms with van der Waals surface area (Å²) in [5.41, 5.74) is -1.34. The van der Waals surface area contributed by atoms with Crippen LogP contribution < -0.4 is 5.32 Å². The Labute approximate surface area is 84.4 Å². The predicted molar refractivity (Wildman–Crippen MR) is 44.5 cm³/mol. The molecule has 2 unspecified atom stereocenters. The van der Waals surface area contributed by atoms with Crippen molar-refractivity contribution < 1.29 is 28.2 Å². The van der Waals surface area contributed by atoms with Crippen LogP contribution in [-0.4, -0.2) is 42.7 Å². The lowest BCUT2D eigenvalue weighted by Gasteiger charge is -2.25. The van der Waals surface area contributed by atoms with E-state index in [2.05, 4.69) is 0 Å². The van der Waals surface area contributed by atoms with Crippen LogP contribution in [0.5, 0.6) is 0 Å². The van der Waals surface area contributed by atoms with Gasteiger partial charge < -0.3 is 15.2 Å². The topological polar surface area (TPSA) is 75.6 Å². The number of carbonyl (C=O) groups is 2. The van der Waals surface area contributed by atoms with Crippen LogP contribution in [0.3, 0.4) is 0 Å². The summed E-state index contributed by atoms with van der Waals surface area (Å²) in [4.78, 5) is 21.6. The van der Waals surface area contributed by atoms with Gasteiger partial charge in [0.1, 0.15) is 5.41 Å². The molecule has 1 aliphatic heterocycles. The fraction of sp³-hybridized carbons (Fsp3) is 0.750. The average molecular weight is 223 g/mol. The highest BCUT2D eigenvalue weighted by Crippen LogP contribution is 2.28. The van der Waals surface area contributed by atoms with Crippen LogP contribution in [0.25, 0.3) is 0 Å². The van der Waals surface area contributed by atoms with Crippen molar-refractivity contribution in [2.24, 2.45) is 5.41 Å². The number of amides is 1. The fourth-order valence-corrected chi connectivity index (χ4v) is 1.32. The summed E-state index contributed by atoms with van der Waals surface area (Å²) in [5.74, 6) is -2.66. The molecule has 0 saturated carbocycles. The SMILES string of the molecule is CC1(C(=O)O)COCC1NC(=O)C(F)F. The Morgan fingerprint density at radius 3 is 2.67 bits per heavy atom. The van der Waals surface area contributed by atoms with E-state index >= 15 is 0 Å². The Bertz CT molecular complexity index is 284. The van der Waals surface area contributed by atoms with E-state index in [4.69, 9.17) is 9.84 Å². The molecule has 86 valence electrons. The highest BCUT2D eigenvalue weighted by atomic mass is 19.3. The second-order valence-electron chi connectivity index (χ2n) is 3.60. The summed E-state index contributed by atoms with van der Waals surface area (Å²) in [5, 5.41) is 10.8. The minimum atomic E-state index is -3.15. The Morgan fingerprint density at radius 1 is 1.60 bits per heavy atom. The highest BCUT2D eigenvalue weighted by Gasteiger charge is 2.47. The molecule has 7 heteroatoms. The smallest absolute Gasteiger partial charge is 0.315 e. The molecular weight excluding hydrogens is 212 g/mol. The summed E-state index contributed by atoms with van der Waals surface area (Å²) < 4.78 is 28.7. The Kier molecular flexibility index (Phi) is 3.23. The van der Waals surface area contributed by atoms with Gasteiger partial charge in [0.15, 0.2) is 0 Å². The monoisotopic (exact) mass is 223 g/mol. The molecule has 1 aliphatic rings. The summed E-state index contributed by atoms with van der Waals surface area (Å²) in [6.07, 6.45) is -3.15. The lowest BCUT2D eigenvalue weighted by Crippen LogP contribution is -2.51. The molecule has 5 nitrogen and oxygen atoms in total. The third kappa shape index (κ3) is 2.23. The Hall–Kier alpha value is -1.24. The van der Waals surface area contributed by atoms with E-state index in [-0.39, 0.29) is 13.2 Å². The molecule has 1 saturated heterocycles. The van der Waals surface area contributed by atoms with Gasteiger partial charge in [-0.15, -0.1) is 0 Å². The first-order chi connectivity index (χ1) is 6.88. The van der Waals surface area contributed by atoms with Gasteiger partial charge in [-0.2, -0.15) is 8.78 Å². The van der Waals surface area contributed by atoms with Crippen molar-refractivity contribution in [2.45, 2.75) is 19.4 Å². The normalized spacial score (nSPS) is 30.5. The van der Waals surface area contributed by atoms with Gasteiger partial charge in [-0.1, -0.05) is 0 Å². The number of aliphatic carboxylic acids is 1. The first kappa shape index (κ1) is 11.8. The van der Waals surface area contributed by atoms with Crippen LogP contribution in [0.2, 0.25) is 0 Å². The zero-order valence-electron chi connectivity index (χ0n) is 8.00. The molecule has 1 amide bonds. The molecule has 2 N–H and O–H groups in total. The van der Waals surface area contributed by atoms with E-state index in [0.29, 0.717) is 0 Å². The fourth-order valence-electron chi connectivity index (χ4n) is 1.32. The number of nitrogens with one attached hydrogen (secondary N) is 1. The predicted octanol–water partition coefficient (Wildman–Crippen LogP) is -0.143. The van der Waals surface area contributed by atoms with Crippen LogP contribution in [0.4, 0.5) is 8.78 Å². The van der Waals surface area contributed by atoms with Crippen LogP contribution in [0, 0.1) is 5.41 Å². The molecule has 0 aliphatic carbocycles. The molecule has 0 bridgehead atoms. The standard InChI is InChI=1S/C8H11F2NO4/c1-8(7(13)14)3-15-2-4(8)11-6(12)5(9)10/h4-5H,2-3H2,1H3,(H,11,12)(H,13,14). The van der Waals surface area contributed by atoms with Crippen molar-refractivity contribution in [2.75, 3.05) is 13.2 Å². The van der Waals surface area contributed by atoms with E-state index in [1.165, 1.54) is 6.92 Å². The van der Waals surface area contributed by atoms with Crippen molar-refractivity contribution >= 4 is 11.9 Å². The first-order valence-corrected chi connectivity index (χ1v) is 4.27. The second kappa shape index (κ2) is 4.09. The van der Waals surface area contributed by atoms with E-state index in [9.17, 15) is 18.4 Å². The minimum absolute atomic E-state index is 0.0682. The Morgan fingerprint density at radius 2 is 2.20 bits per heavy atom. The van der Waals surface area contributed by atoms with Crippen LogP contribution in [0.1, 0.15) is 6.92 Å². The van der Waals surface area contributed by atoms with Crippen LogP contribution in [-0.2, 0) is 14.3 Å². The van der Waals surface area contributed by atoms with E-state index in [1.54, 1.807) is 0 Å². The van der Waals surface area contributed by atoms with E-state index in [0.717, 1.165) is 0 Å². The van der Waals surface area contributed by atoms with Gasteiger partial charge in [0, 0.05) is 0 Å². The highest BCUT2D eigenvalue weighted by molar-refractivity contribution is 5.82. The number of carbonyl (C=O) groups excluding carboxylic acids is 1. The van der Waals surface area contributed by atoms with Gasteiger partial charge in [-0.05, 0) is 6.92 Å². The minimum Gasteiger partial charge on any atom is -0.481 e. The van der Waals surface area contributed by atoms with Crippen LogP contribution >= 0.6 is 0 Å². The molecule has 0 radical (unpaired) electrons. The number of hydrogen-bond acceptors (Lipinski definition) is 3. The van der Waals surface area contributed by atoms with Crippen LogP contribution in [0.15, 0.2) is 0 Å². The molecular formula is C8H11F2NO4. The zero-order chi connectivity index (χ0) is 11.6. The lowest BCUT2D eigenvalue weighted by atomic mass is 9.85. The molecule has 0 aromatic heterocycles. The number of alkyl halides is 2. The molecule has 0 aromatic carbocycles. The van der Waals surface area contributed by atoms with Gasteiger partial charge in [-0.3, -0.25) is 9.59 Å². The lowest BCUT2D eigenvalue weighted by molar-refractivity contribution is -0.149. The van der Waals surface area contributed by atoms with Crippen molar-refractivity contribution in [3.63, 3.8) is 0 Å². The average Bonchev–Trinajstić information content (AvgIpc) is 2.49. The summed E-state index contributed by atoms with van der Waals surface area (Å²) in [7, 11) is 0. The maximum Gasteiger partial charge on any atom is 0.315 e. The number of ether oxygens (including phenoxy) is 1. The molecule has 0 spiro atoms. The third-order valence-electron chi connectivity index (χ3n) is 2.46. The maximum atomic E-state index is 11.9. The number of halogens is 2. The van der Waals surface area contributed by atoms with Crippen molar-refractivity contribution in [3.8, 4) is 0 Å². The summed E-state index contributed by atoms with van der Waals surface area (Å²) >= 11 is 0. The zero-order valence-corrected chi connectivity index (χ0v) is 8.00. The number of carboxylic acids is 1. The van der Waals surface area contributed by atoms with Gasteiger partial charge in [0.2, 0.25) is 0 Å². The number of carboxylic acid groups (broad SMARTS) is 1. The first-order valence-electron chi connectivity index (χ1n) is 4.27. The quantitative estimate of drug-likeness (QED) is 0.698.